The van der Waals surface area contributed by atoms with Gasteiger partial charge in [0, 0.05) is 32.1 Å². The molecule has 0 radical (unpaired) electrons. The largest absolute Gasteiger partial charge is 0.399 e. The number of methoxy groups -OCH3 is 1. The second kappa shape index (κ2) is 16.1. The Labute approximate surface area is 167 Å². The van der Waals surface area contributed by atoms with Gasteiger partial charge in [-0.1, -0.05) is 12.1 Å². The van der Waals surface area contributed by atoms with Crippen LogP contribution in [-0.4, -0.2) is 71.5 Å². The molecule has 1 rings (SSSR count). The summed E-state index contributed by atoms with van der Waals surface area (Å²) in [5, 5.41) is 4.79. The number of hydrogen-bond acceptors (Lipinski definition) is 9. The van der Waals surface area contributed by atoms with E-state index in [0.29, 0.717) is 58.5 Å². The minimum Gasteiger partial charge on any atom is -0.399 e. The van der Waals surface area contributed by atoms with Crippen LogP contribution in [-0.2, 0) is 25.5 Å². The lowest BCUT2D eigenvalue weighted by Crippen LogP contribution is -2.31. The van der Waals surface area contributed by atoms with Crippen molar-refractivity contribution in [3.05, 3.63) is 41.7 Å². The van der Waals surface area contributed by atoms with Crippen LogP contribution in [0.5, 0.6) is 0 Å². The van der Waals surface area contributed by atoms with Gasteiger partial charge in [-0.3, -0.25) is 0 Å². The Hall–Kier alpha value is -1.88. The molecule has 0 aromatic heterocycles. The molecule has 0 saturated carbocycles. The number of ether oxygens (including phenoxy) is 4. The average molecular weight is 398 g/mol. The molecule has 0 fully saturated rings. The van der Waals surface area contributed by atoms with Crippen molar-refractivity contribution in [1.82, 2.24) is 10.3 Å². The molecule has 0 aliphatic carbocycles. The lowest BCUT2D eigenvalue weighted by Gasteiger charge is -2.15. The Morgan fingerprint density at radius 1 is 1.00 bits per heavy atom. The molecule has 0 amide bonds. The number of anilines is 1. The molecule has 0 spiro atoms. The Bertz CT molecular complexity index is 528. The summed E-state index contributed by atoms with van der Waals surface area (Å²) in [5.41, 5.74) is 13.9. The van der Waals surface area contributed by atoms with Crippen molar-refractivity contribution in [2.24, 2.45) is 11.6 Å². The maximum atomic E-state index is 5.76. The molecule has 28 heavy (non-hydrogen) atoms. The molecule has 1 aromatic rings. The Kier molecular flexibility index (Phi) is 13.9. The third-order valence-electron chi connectivity index (χ3n) is 3.61. The Morgan fingerprint density at radius 2 is 1.61 bits per heavy atom. The molecule has 0 aliphatic rings. The van der Waals surface area contributed by atoms with Gasteiger partial charge in [-0.2, -0.15) is 0 Å². The second-order valence-corrected chi connectivity index (χ2v) is 6.13. The number of benzene rings is 1. The van der Waals surface area contributed by atoms with E-state index in [9.17, 15) is 0 Å². The number of nitrogen functional groups attached to an aromatic ring is 1. The van der Waals surface area contributed by atoms with Gasteiger partial charge in [0.05, 0.1) is 58.5 Å². The smallest absolute Gasteiger partial charge is 0.0871 e. The normalized spacial score (nSPS) is 11.7. The molecule has 0 bridgehead atoms. The van der Waals surface area contributed by atoms with Crippen LogP contribution in [0.4, 0.5) is 5.69 Å². The molecule has 0 heterocycles. The van der Waals surface area contributed by atoms with Crippen molar-refractivity contribution >= 4 is 5.69 Å². The molecular formula is C19H35N5O4. The van der Waals surface area contributed by atoms with Gasteiger partial charge in [-0.25, -0.2) is 5.84 Å². The maximum absolute atomic E-state index is 5.76. The van der Waals surface area contributed by atoms with Crippen molar-refractivity contribution in [3.8, 4) is 0 Å². The number of nitrogens with two attached hydrogens (primary N) is 3. The van der Waals surface area contributed by atoms with Crippen LogP contribution in [0, 0.1) is 0 Å². The van der Waals surface area contributed by atoms with Crippen molar-refractivity contribution in [2.45, 2.75) is 6.54 Å². The number of hydrazine groups is 1. The van der Waals surface area contributed by atoms with Gasteiger partial charge in [0.1, 0.15) is 0 Å². The van der Waals surface area contributed by atoms with E-state index in [1.807, 2.05) is 24.3 Å². The van der Waals surface area contributed by atoms with E-state index in [1.165, 1.54) is 10.6 Å². The molecule has 9 nitrogen and oxygen atoms in total. The second-order valence-electron chi connectivity index (χ2n) is 6.13. The summed E-state index contributed by atoms with van der Waals surface area (Å²) < 4.78 is 21.3. The SMILES string of the molecule is COC/C(N)=C/N(N)CCOCCOCCOCCNCc1ccc(N)cc1. The van der Waals surface area contributed by atoms with Gasteiger partial charge in [0.2, 0.25) is 0 Å². The first-order chi connectivity index (χ1) is 13.6. The lowest BCUT2D eigenvalue weighted by molar-refractivity contribution is 0.0127. The fourth-order valence-corrected chi connectivity index (χ4v) is 2.21. The van der Waals surface area contributed by atoms with Crippen molar-refractivity contribution in [2.75, 3.05) is 72.2 Å². The van der Waals surface area contributed by atoms with Crippen LogP contribution >= 0.6 is 0 Å². The number of rotatable bonds is 17. The summed E-state index contributed by atoms with van der Waals surface area (Å²) in [6, 6.07) is 7.82. The quantitative estimate of drug-likeness (QED) is 0.124. The monoisotopic (exact) mass is 397 g/mol. The molecule has 0 aliphatic heterocycles. The fraction of sp³-hybridized carbons (Fsp3) is 0.579. The highest BCUT2D eigenvalue weighted by molar-refractivity contribution is 5.39. The molecule has 1 aromatic carbocycles. The zero-order valence-corrected chi connectivity index (χ0v) is 16.8. The highest BCUT2D eigenvalue weighted by Gasteiger charge is 1.97. The van der Waals surface area contributed by atoms with E-state index in [2.05, 4.69) is 5.32 Å². The zero-order chi connectivity index (χ0) is 20.5. The van der Waals surface area contributed by atoms with Gasteiger partial charge in [-0.05, 0) is 17.7 Å². The van der Waals surface area contributed by atoms with Gasteiger partial charge in [0.15, 0.2) is 0 Å². The topological polar surface area (TPSA) is 130 Å². The summed E-state index contributed by atoms with van der Waals surface area (Å²) in [5.74, 6) is 5.76. The van der Waals surface area contributed by atoms with Crippen molar-refractivity contribution < 1.29 is 18.9 Å². The summed E-state index contributed by atoms with van der Waals surface area (Å²) >= 11 is 0. The lowest BCUT2D eigenvalue weighted by atomic mass is 10.2. The van der Waals surface area contributed by atoms with Crippen molar-refractivity contribution in [3.63, 3.8) is 0 Å². The highest BCUT2D eigenvalue weighted by atomic mass is 16.5. The van der Waals surface area contributed by atoms with E-state index >= 15 is 0 Å². The summed E-state index contributed by atoms with van der Waals surface area (Å²) in [6.45, 7) is 5.73. The fourth-order valence-electron chi connectivity index (χ4n) is 2.21. The number of hydrogen-bond donors (Lipinski definition) is 4. The van der Waals surface area contributed by atoms with Gasteiger partial charge in [0.25, 0.3) is 0 Å². The van der Waals surface area contributed by atoms with Crippen LogP contribution in [0.25, 0.3) is 0 Å². The van der Waals surface area contributed by atoms with E-state index in [4.69, 9.17) is 36.3 Å². The minimum absolute atomic E-state index is 0.350. The molecule has 0 saturated heterocycles. The number of nitrogens with one attached hydrogen (secondary N) is 1. The van der Waals surface area contributed by atoms with E-state index < -0.39 is 0 Å². The number of nitrogens with zero attached hydrogens (tertiary/aromatic N) is 1. The summed E-state index contributed by atoms with van der Waals surface area (Å²) in [4.78, 5) is 0. The van der Waals surface area contributed by atoms with E-state index in [1.54, 1.807) is 13.3 Å². The molecule has 0 atom stereocenters. The average Bonchev–Trinajstić information content (AvgIpc) is 2.67. The van der Waals surface area contributed by atoms with Gasteiger partial charge >= 0.3 is 0 Å². The van der Waals surface area contributed by atoms with Crippen LogP contribution in [0.15, 0.2) is 36.2 Å². The predicted molar refractivity (Wildman–Crippen MR) is 110 cm³/mol. The third-order valence-corrected chi connectivity index (χ3v) is 3.61. The van der Waals surface area contributed by atoms with Gasteiger partial charge in [-0.15, -0.1) is 0 Å². The molecular weight excluding hydrogens is 362 g/mol. The molecule has 9 heteroatoms. The molecule has 7 N–H and O–H groups in total. The van der Waals surface area contributed by atoms with E-state index in [-0.39, 0.29) is 0 Å². The van der Waals surface area contributed by atoms with Crippen LogP contribution < -0.4 is 22.6 Å². The third kappa shape index (κ3) is 13.3. The zero-order valence-electron chi connectivity index (χ0n) is 16.8. The standard InChI is InChI=1S/C19H35N5O4/c1-25-16-19(21)15-24(22)7-9-27-11-13-28-12-10-26-8-6-23-14-17-2-4-18(20)5-3-17/h2-5,15,23H,6-14,16,20-22H2,1H3/b19-15-. The summed E-state index contributed by atoms with van der Waals surface area (Å²) in [7, 11) is 1.58. The maximum Gasteiger partial charge on any atom is 0.0871 e. The first-order valence-electron chi connectivity index (χ1n) is 9.36. The first-order valence-corrected chi connectivity index (χ1v) is 9.36. The summed E-state index contributed by atoms with van der Waals surface area (Å²) in [6.07, 6.45) is 1.63. The van der Waals surface area contributed by atoms with E-state index in [0.717, 1.165) is 18.8 Å². The molecule has 160 valence electrons. The van der Waals surface area contributed by atoms with Crippen molar-refractivity contribution in [1.29, 1.82) is 0 Å². The molecule has 0 unspecified atom stereocenters. The Morgan fingerprint density at radius 3 is 2.25 bits per heavy atom. The van der Waals surface area contributed by atoms with Crippen LogP contribution in [0.1, 0.15) is 5.56 Å². The van der Waals surface area contributed by atoms with Crippen LogP contribution in [0.3, 0.4) is 0 Å². The highest BCUT2D eigenvalue weighted by Crippen LogP contribution is 2.04. The Balaban J connectivity index is 1.83. The van der Waals surface area contributed by atoms with Gasteiger partial charge < -0.3 is 40.7 Å². The minimum atomic E-state index is 0.350. The van der Waals surface area contributed by atoms with Crippen LogP contribution in [0.2, 0.25) is 0 Å². The predicted octanol–water partition coefficient (Wildman–Crippen LogP) is 0.0304. The first kappa shape index (κ1) is 24.2.